The van der Waals surface area contributed by atoms with Gasteiger partial charge in [-0.15, -0.1) is 0 Å². The average Bonchev–Trinajstić information content (AvgIpc) is 3.13. The lowest BCUT2D eigenvalue weighted by Crippen LogP contribution is -2.45. The summed E-state index contributed by atoms with van der Waals surface area (Å²) in [7, 11) is 3.09. The number of urea groups is 1. The Kier molecular flexibility index (Phi) is 5.35. The maximum atomic E-state index is 12.8. The Morgan fingerprint density at radius 3 is 2.46 bits per heavy atom. The lowest BCUT2D eigenvalue weighted by molar-refractivity contribution is -0.144. The number of esters is 1. The zero-order chi connectivity index (χ0) is 18.7. The summed E-state index contributed by atoms with van der Waals surface area (Å²) in [5, 5.41) is 5.46. The standard InChI is InChI=1S/C19H24N2O5/c1-11-16(18(22)26-13-6-4-5-7-13)17(21-19(23)20-11)12-8-9-14(24-2)15(10-12)25-3/h8-10,13,17H,4-7H2,1-3H3,(H2,20,21,23). The Morgan fingerprint density at radius 2 is 1.81 bits per heavy atom. The third-order valence-electron chi connectivity index (χ3n) is 4.81. The molecule has 0 aromatic heterocycles. The predicted molar refractivity (Wildman–Crippen MR) is 95.0 cm³/mol. The summed E-state index contributed by atoms with van der Waals surface area (Å²) < 4.78 is 16.3. The molecule has 3 rings (SSSR count). The van der Waals surface area contributed by atoms with Crippen molar-refractivity contribution < 1.29 is 23.8 Å². The second-order valence-electron chi connectivity index (χ2n) is 6.50. The van der Waals surface area contributed by atoms with Crippen LogP contribution in [0.5, 0.6) is 11.5 Å². The molecule has 7 nitrogen and oxygen atoms in total. The summed E-state index contributed by atoms with van der Waals surface area (Å²) in [5.74, 6) is 0.702. The van der Waals surface area contributed by atoms with Gasteiger partial charge in [-0.05, 0) is 50.3 Å². The number of allylic oxidation sites excluding steroid dienone is 1. The van der Waals surface area contributed by atoms with Gasteiger partial charge in [0.25, 0.3) is 0 Å². The lowest BCUT2D eigenvalue weighted by atomic mass is 9.95. The van der Waals surface area contributed by atoms with Crippen LogP contribution in [-0.4, -0.2) is 32.3 Å². The normalized spacial score (nSPS) is 20.4. The molecule has 0 saturated heterocycles. The van der Waals surface area contributed by atoms with E-state index in [4.69, 9.17) is 14.2 Å². The first-order valence-electron chi connectivity index (χ1n) is 8.74. The molecule has 1 unspecified atom stereocenters. The average molecular weight is 360 g/mol. The van der Waals surface area contributed by atoms with Gasteiger partial charge in [0.15, 0.2) is 11.5 Å². The molecule has 7 heteroatoms. The summed E-state index contributed by atoms with van der Waals surface area (Å²) >= 11 is 0. The van der Waals surface area contributed by atoms with E-state index in [1.165, 1.54) is 0 Å². The van der Waals surface area contributed by atoms with Crippen molar-refractivity contribution in [2.45, 2.75) is 44.8 Å². The van der Waals surface area contributed by atoms with Crippen LogP contribution in [0, 0.1) is 0 Å². The molecule has 1 fully saturated rings. The third-order valence-corrected chi connectivity index (χ3v) is 4.81. The minimum atomic E-state index is -0.613. The summed E-state index contributed by atoms with van der Waals surface area (Å²) in [5.41, 5.74) is 1.62. The van der Waals surface area contributed by atoms with Gasteiger partial charge in [-0.3, -0.25) is 0 Å². The van der Waals surface area contributed by atoms with E-state index in [1.54, 1.807) is 39.3 Å². The van der Waals surface area contributed by atoms with Crippen molar-refractivity contribution in [1.82, 2.24) is 10.6 Å². The van der Waals surface area contributed by atoms with Crippen LogP contribution in [-0.2, 0) is 9.53 Å². The topological polar surface area (TPSA) is 85.9 Å². The van der Waals surface area contributed by atoms with E-state index in [1.807, 2.05) is 0 Å². The summed E-state index contributed by atoms with van der Waals surface area (Å²) in [4.78, 5) is 24.8. The van der Waals surface area contributed by atoms with Crippen LogP contribution in [0.3, 0.4) is 0 Å². The van der Waals surface area contributed by atoms with E-state index in [0.717, 1.165) is 31.2 Å². The van der Waals surface area contributed by atoms with Gasteiger partial charge in [0.05, 0.1) is 25.8 Å². The van der Waals surface area contributed by atoms with Gasteiger partial charge in [0.1, 0.15) is 6.10 Å². The molecule has 140 valence electrons. The van der Waals surface area contributed by atoms with Crippen LogP contribution < -0.4 is 20.1 Å². The van der Waals surface area contributed by atoms with E-state index in [2.05, 4.69) is 10.6 Å². The maximum absolute atomic E-state index is 12.8. The second kappa shape index (κ2) is 7.68. The van der Waals surface area contributed by atoms with Crippen molar-refractivity contribution in [3.05, 3.63) is 35.0 Å². The number of nitrogens with one attached hydrogen (secondary N) is 2. The molecule has 0 radical (unpaired) electrons. The van der Waals surface area contributed by atoms with E-state index < -0.39 is 12.0 Å². The lowest BCUT2D eigenvalue weighted by Gasteiger charge is -2.29. The maximum Gasteiger partial charge on any atom is 0.338 e. The minimum absolute atomic E-state index is 0.0496. The Balaban J connectivity index is 1.93. The Labute approximate surface area is 152 Å². The van der Waals surface area contributed by atoms with Gasteiger partial charge in [-0.2, -0.15) is 0 Å². The molecule has 1 aromatic carbocycles. The van der Waals surface area contributed by atoms with Gasteiger partial charge < -0.3 is 24.8 Å². The number of hydrogen-bond acceptors (Lipinski definition) is 5. The molecule has 1 saturated carbocycles. The van der Waals surface area contributed by atoms with Crippen LogP contribution in [0.4, 0.5) is 4.79 Å². The largest absolute Gasteiger partial charge is 0.493 e. The number of carbonyl (C=O) groups is 2. The Morgan fingerprint density at radius 1 is 1.12 bits per heavy atom. The number of carbonyl (C=O) groups excluding carboxylic acids is 2. The van der Waals surface area contributed by atoms with Gasteiger partial charge >= 0.3 is 12.0 Å². The van der Waals surface area contributed by atoms with Crippen LogP contribution in [0.15, 0.2) is 29.5 Å². The molecule has 0 spiro atoms. The van der Waals surface area contributed by atoms with E-state index in [0.29, 0.717) is 22.8 Å². The highest BCUT2D eigenvalue weighted by atomic mass is 16.5. The van der Waals surface area contributed by atoms with E-state index in [-0.39, 0.29) is 12.1 Å². The van der Waals surface area contributed by atoms with Crippen molar-refractivity contribution in [3.63, 3.8) is 0 Å². The highest BCUT2D eigenvalue weighted by Crippen LogP contribution is 2.35. The fourth-order valence-electron chi connectivity index (χ4n) is 3.47. The molecule has 1 heterocycles. The first-order chi connectivity index (χ1) is 12.5. The van der Waals surface area contributed by atoms with Crippen molar-refractivity contribution >= 4 is 12.0 Å². The molecule has 1 aliphatic carbocycles. The number of rotatable bonds is 5. The molecule has 0 bridgehead atoms. The molecular formula is C19H24N2O5. The highest BCUT2D eigenvalue weighted by molar-refractivity contribution is 5.95. The van der Waals surface area contributed by atoms with Gasteiger partial charge in [-0.1, -0.05) is 6.07 Å². The molecule has 26 heavy (non-hydrogen) atoms. The van der Waals surface area contributed by atoms with Gasteiger partial charge in [-0.25, -0.2) is 9.59 Å². The van der Waals surface area contributed by atoms with E-state index in [9.17, 15) is 9.59 Å². The second-order valence-corrected chi connectivity index (χ2v) is 6.50. The van der Waals surface area contributed by atoms with E-state index >= 15 is 0 Å². The Bertz CT molecular complexity index is 737. The smallest absolute Gasteiger partial charge is 0.338 e. The minimum Gasteiger partial charge on any atom is -0.493 e. The van der Waals surface area contributed by atoms with Crippen LogP contribution >= 0.6 is 0 Å². The van der Waals surface area contributed by atoms with Crippen LogP contribution in [0.2, 0.25) is 0 Å². The zero-order valence-electron chi connectivity index (χ0n) is 15.3. The predicted octanol–water partition coefficient (Wildman–Crippen LogP) is 2.82. The van der Waals surface area contributed by atoms with Crippen molar-refractivity contribution in [2.75, 3.05) is 14.2 Å². The number of methoxy groups -OCH3 is 2. The van der Waals surface area contributed by atoms with Crippen LogP contribution in [0.25, 0.3) is 0 Å². The highest BCUT2D eigenvalue weighted by Gasteiger charge is 2.34. The molecule has 2 aliphatic rings. The van der Waals surface area contributed by atoms with Crippen molar-refractivity contribution in [3.8, 4) is 11.5 Å². The molecule has 1 aromatic rings. The molecule has 2 N–H and O–H groups in total. The quantitative estimate of drug-likeness (QED) is 0.789. The summed E-state index contributed by atoms with van der Waals surface area (Å²) in [6, 6.07) is 4.33. The van der Waals surface area contributed by atoms with Crippen molar-refractivity contribution in [2.24, 2.45) is 0 Å². The zero-order valence-corrected chi connectivity index (χ0v) is 15.3. The van der Waals surface area contributed by atoms with Crippen LogP contribution in [0.1, 0.15) is 44.2 Å². The molecule has 2 amide bonds. The first kappa shape index (κ1) is 18.1. The SMILES string of the molecule is COc1ccc(C2NC(=O)NC(C)=C2C(=O)OC2CCCC2)cc1OC. The third kappa shape index (κ3) is 3.61. The summed E-state index contributed by atoms with van der Waals surface area (Å²) in [6.07, 6.45) is 3.87. The Hall–Kier alpha value is -2.70. The number of benzene rings is 1. The molecule has 1 atom stereocenters. The van der Waals surface area contributed by atoms with Gasteiger partial charge in [0.2, 0.25) is 0 Å². The number of amides is 2. The van der Waals surface area contributed by atoms with Gasteiger partial charge in [0, 0.05) is 5.70 Å². The fraction of sp³-hybridized carbons (Fsp3) is 0.474. The van der Waals surface area contributed by atoms with Crippen molar-refractivity contribution in [1.29, 1.82) is 0 Å². The summed E-state index contributed by atoms with van der Waals surface area (Å²) in [6.45, 7) is 1.71. The number of hydrogen-bond donors (Lipinski definition) is 2. The number of ether oxygens (including phenoxy) is 3. The molecular weight excluding hydrogens is 336 g/mol. The fourth-order valence-corrected chi connectivity index (χ4v) is 3.47. The monoisotopic (exact) mass is 360 g/mol. The molecule has 1 aliphatic heterocycles. The first-order valence-corrected chi connectivity index (χ1v) is 8.74.